The van der Waals surface area contributed by atoms with Crippen LogP contribution in [0.25, 0.3) is 10.1 Å². The minimum Gasteiger partial charge on any atom is -0.378 e. The minimum atomic E-state index is -0.103. The van der Waals surface area contributed by atoms with Crippen LogP contribution < -0.4 is 15.5 Å². The Labute approximate surface area is 190 Å². The molecule has 0 bridgehead atoms. The lowest BCUT2D eigenvalue weighted by Gasteiger charge is -2.28. The number of rotatable bonds is 5. The third kappa shape index (κ3) is 4.56. The van der Waals surface area contributed by atoms with Crippen LogP contribution >= 0.6 is 11.3 Å². The number of hydrogen-bond acceptors (Lipinski definition) is 7. The molecule has 32 heavy (non-hydrogen) atoms. The van der Waals surface area contributed by atoms with Gasteiger partial charge in [0.1, 0.15) is 17.5 Å². The van der Waals surface area contributed by atoms with Crippen LogP contribution in [0.5, 0.6) is 0 Å². The molecular formula is C24H23N5O2S. The van der Waals surface area contributed by atoms with Gasteiger partial charge in [-0.2, -0.15) is 0 Å². The van der Waals surface area contributed by atoms with Crippen molar-refractivity contribution in [3.63, 3.8) is 0 Å². The summed E-state index contributed by atoms with van der Waals surface area (Å²) in [6, 6.07) is 19.5. The molecule has 0 aliphatic carbocycles. The number of carbonyl (C=O) groups excluding carboxylic acids is 1. The molecule has 0 saturated carbocycles. The number of morpholine rings is 1. The van der Waals surface area contributed by atoms with E-state index in [0.717, 1.165) is 46.2 Å². The van der Waals surface area contributed by atoms with Crippen LogP contribution in [0.3, 0.4) is 0 Å². The van der Waals surface area contributed by atoms with Crippen LogP contribution in [0, 0.1) is 6.92 Å². The van der Waals surface area contributed by atoms with E-state index in [1.54, 1.807) is 0 Å². The van der Waals surface area contributed by atoms with Crippen LogP contribution in [-0.4, -0.2) is 42.2 Å². The molecular weight excluding hydrogens is 422 g/mol. The van der Waals surface area contributed by atoms with Gasteiger partial charge < -0.3 is 20.3 Å². The van der Waals surface area contributed by atoms with Crippen LogP contribution in [0.15, 0.2) is 60.7 Å². The van der Waals surface area contributed by atoms with Crippen molar-refractivity contribution in [3.8, 4) is 0 Å². The second kappa shape index (κ2) is 8.94. The quantitative estimate of drug-likeness (QED) is 0.458. The van der Waals surface area contributed by atoms with Crippen molar-refractivity contribution in [3.05, 3.63) is 71.4 Å². The predicted molar refractivity (Wildman–Crippen MR) is 129 cm³/mol. The lowest BCUT2D eigenvalue weighted by atomic mass is 10.2. The first-order valence-electron chi connectivity index (χ1n) is 10.5. The number of hydrogen-bond donors (Lipinski definition) is 2. The van der Waals surface area contributed by atoms with Crippen molar-refractivity contribution in [2.45, 2.75) is 6.92 Å². The fourth-order valence-electron chi connectivity index (χ4n) is 3.64. The summed E-state index contributed by atoms with van der Waals surface area (Å²) in [4.78, 5) is 24.6. The summed E-state index contributed by atoms with van der Waals surface area (Å²) < 4.78 is 6.53. The maximum absolute atomic E-state index is 12.6. The van der Waals surface area contributed by atoms with Gasteiger partial charge >= 0.3 is 0 Å². The highest BCUT2D eigenvalue weighted by Crippen LogP contribution is 2.27. The van der Waals surface area contributed by atoms with Gasteiger partial charge in [-0.25, -0.2) is 9.97 Å². The Morgan fingerprint density at radius 1 is 1.00 bits per heavy atom. The van der Waals surface area contributed by atoms with Gasteiger partial charge in [-0.1, -0.05) is 18.2 Å². The molecule has 2 aromatic carbocycles. The summed E-state index contributed by atoms with van der Waals surface area (Å²) in [5.74, 6) is 2.24. The number of fused-ring (bicyclic) bond motifs is 1. The van der Waals surface area contributed by atoms with Gasteiger partial charge in [0.05, 0.1) is 18.1 Å². The van der Waals surface area contributed by atoms with E-state index in [4.69, 9.17) is 4.74 Å². The number of nitrogens with zero attached hydrogens (tertiary/aromatic N) is 3. The zero-order valence-corrected chi connectivity index (χ0v) is 18.5. The van der Waals surface area contributed by atoms with Gasteiger partial charge in [-0.05, 0) is 48.7 Å². The number of aryl methyl sites for hydroxylation is 1. The number of thiophene rings is 1. The molecule has 0 atom stereocenters. The molecule has 2 aromatic heterocycles. The van der Waals surface area contributed by atoms with Crippen LogP contribution in [-0.2, 0) is 4.74 Å². The second-order valence-electron chi connectivity index (χ2n) is 7.56. The Kier molecular flexibility index (Phi) is 5.70. The fraction of sp³-hybridized carbons (Fsp3) is 0.208. The summed E-state index contributed by atoms with van der Waals surface area (Å²) in [5.41, 5.74) is 1.63. The zero-order valence-electron chi connectivity index (χ0n) is 17.7. The second-order valence-corrected chi connectivity index (χ2v) is 8.65. The van der Waals surface area contributed by atoms with E-state index < -0.39 is 0 Å². The summed E-state index contributed by atoms with van der Waals surface area (Å²) in [6.07, 6.45) is 0. The van der Waals surface area contributed by atoms with E-state index >= 15 is 0 Å². The molecule has 162 valence electrons. The van der Waals surface area contributed by atoms with E-state index in [1.807, 2.05) is 67.6 Å². The van der Waals surface area contributed by atoms with Gasteiger partial charge in [-0.15, -0.1) is 11.3 Å². The smallest absolute Gasteiger partial charge is 0.265 e. The molecule has 2 N–H and O–H groups in total. The molecule has 0 unspecified atom stereocenters. The Morgan fingerprint density at radius 2 is 1.75 bits per heavy atom. The Hall–Kier alpha value is -3.49. The third-order valence-electron chi connectivity index (χ3n) is 5.22. The summed E-state index contributed by atoms with van der Waals surface area (Å²) in [7, 11) is 0. The topological polar surface area (TPSA) is 79.4 Å². The fourth-order valence-corrected chi connectivity index (χ4v) is 4.60. The summed E-state index contributed by atoms with van der Waals surface area (Å²) >= 11 is 1.49. The minimum absolute atomic E-state index is 0.103. The number of carbonyl (C=O) groups is 1. The number of benzene rings is 2. The first-order valence-corrected chi connectivity index (χ1v) is 11.3. The number of aromatic nitrogens is 2. The van der Waals surface area contributed by atoms with Crippen molar-refractivity contribution in [1.82, 2.24) is 9.97 Å². The molecule has 1 saturated heterocycles. The highest BCUT2D eigenvalue weighted by molar-refractivity contribution is 7.20. The molecule has 0 radical (unpaired) electrons. The molecule has 3 heterocycles. The maximum atomic E-state index is 12.6. The van der Waals surface area contributed by atoms with Gasteiger partial charge in [0.15, 0.2) is 0 Å². The average molecular weight is 446 g/mol. The standard InChI is InChI=1S/C24H23N5O2S/c1-16-25-22(15-23(26-16)29-10-12-31-13-11-29)27-18-6-8-19(9-7-18)28-24(30)21-14-17-4-2-3-5-20(17)32-21/h2-9,14-15H,10-13H2,1H3,(H,28,30)(H,25,26,27). The average Bonchev–Trinajstić information content (AvgIpc) is 3.25. The van der Waals surface area contributed by atoms with E-state index in [1.165, 1.54) is 11.3 Å². The Morgan fingerprint density at radius 3 is 2.53 bits per heavy atom. The van der Waals surface area contributed by atoms with Gasteiger partial charge in [0.2, 0.25) is 0 Å². The van der Waals surface area contributed by atoms with Crippen LogP contribution in [0.2, 0.25) is 0 Å². The van der Waals surface area contributed by atoms with Gasteiger partial charge in [-0.3, -0.25) is 4.79 Å². The number of anilines is 4. The van der Waals surface area contributed by atoms with Crippen molar-refractivity contribution < 1.29 is 9.53 Å². The summed E-state index contributed by atoms with van der Waals surface area (Å²) in [5, 5.41) is 7.39. The maximum Gasteiger partial charge on any atom is 0.265 e. The Balaban J connectivity index is 1.26. The van der Waals surface area contributed by atoms with Crippen LogP contribution in [0.4, 0.5) is 23.0 Å². The van der Waals surface area contributed by atoms with Crippen molar-refractivity contribution in [2.24, 2.45) is 0 Å². The number of ether oxygens (including phenoxy) is 1. The molecule has 5 rings (SSSR count). The monoisotopic (exact) mass is 445 g/mol. The lowest BCUT2D eigenvalue weighted by molar-refractivity contribution is 0.103. The Bertz CT molecular complexity index is 1220. The molecule has 7 nitrogen and oxygen atoms in total. The SMILES string of the molecule is Cc1nc(Nc2ccc(NC(=O)c3cc4ccccc4s3)cc2)cc(N2CCOCC2)n1. The van der Waals surface area contributed by atoms with Crippen molar-refractivity contribution >= 4 is 50.3 Å². The van der Waals surface area contributed by atoms with E-state index in [9.17, 15) is 4.79 Å². The summed E-state index contributed by atoms with van der Waals surface area (Å²) in [6.45, 7) is 4.96. The lowest BCUT2D eigenvalue weighted by Crippen LogP contribution is -2.36. The largest absolute Gasteiger partial charge is 0.378 e. The predicted octanol–water partition coefficient (Wildman–Crippen LogP) is 4.83. The van der Waals surface area contributed by atoms with Gasteiger partial charge in [0.25, 0.3) is 5.91 Å². The van der Waals surface area contributed by atoms with Crippen molar-refractivity contribution in [1.29, 1.82) is 0 Å². The van der Waals surface area contributed by atoms with E-state index in [0.29, 0.717) is 23.9 Å². The molecule has 1 aliphatic heterocycles. The normalized spacial score (nSPS) is 13.8. The van der Waals surface area contributed by atoms with E-state index in [2.05, 4.69) is 25.5 Å². The first kappa shape index (κ1) is 20.4. The molecule has 1 amide bonds. The molecule has 0 spiro atoms. The van der Waals surface area contributed by atoms with Gasteiger partial charge in [0, 0.05) is 35.2 Å². The highest BCUT2D eigenvalue weighted by Gasteiger charge is 2.14. The molecule has 4 aromatic rings. The van der Waals surface area contributed by atoms with Crippen LogP contribution in [0.1, 0.15) is 15.5 Å². The number of amides is 1. The van der Waals surface area contributed by atoms with Crippen molar-refractivity contribution in [2.75, 3.05) is 41.8 Å². The zero-order chi connectivity index (χ0) is 21.9. The van der Waals surface area contributed by atoms with E-state index in [-0.39, 0.29) is 5.91 Å². The highest BCUT2D eigenvalue weighted by atomic mass is 32.1. The molecule has 1 fully saturated rings. The molecule has 8 heteroatoms. The molecule has 1 aliphatic rings. The third-order valence-corrected chi connectivity index (χ3v) is 6.34. The number of nitrogens with one attached hydrogen (secondary N) is 2. The first-order chi connectivity index (χ1) is 15.6.